The summed E-state index contributed by atoms with van der Waals surface area (Å²) in [7, 11) is 0. The first-order valence-electron chi connectivity index (χ1n) is 10.9. The van der Waals surface area contributed by atoms with Gasteiger partial charge in [-0.1, -0.05) is 36.4 Å². The minimum atomic E-state index is 0.0324. The number of allylic oxidation sites excluding steroid dienone is 1. The molecule has 1 aliphatic carbocycles. The smallest absolute Gasteiger partial charge is 0.253 e. The minimum Gasteiger partial charge on any atom is -0.361 e. The van der Waals surface area contributed by atoms with E-state index in [1.54, 1.807) is 0 Å². The van der Waals surface area contributed by atoms with Crippen LogP contribution in [0.15, 0.2) is 53.7 Å². The lowest BCUT2D eigenvalue weighted by Gasteiger charge is -2.33. The molecule has 1 saturated carbocycles. The first kappa shape index (κ1) is 19.7. The first-order valence-corrected chi connectivity index (χ1v) is 10.9. The molecule has 1 aromatic carbocycles. The predicted octanol–water partition coefficient (Wildman–Crippen LogP) is 5.49. The van der Waals surface area contributed by atoms with Gasteiger partial charge in [-0.15, -0.1) is 0 Å². The highest BCUT2D eigenvalue weighted by Crippen LogP contribution is 2.37. The number of nitrogens with one attached hydrogen (secondary N) is 2. The van der Waals surface area contributed by atoms with Gasteiger partial charge in [-0.25, -0.2) is 0 Å². The zero-order valence-electron chi connectivity index (χ0n) is 17.4. The largest absolute Gasteiger partial charge is 0.361 e. The molecule has 4 rings (SSSR count). The van der Waals surface area contributed by atoms with Crippen LogP contribution in [0.1, 0.15) is 78.2 Å². The normalized spacial score (nSPS) is 25.0. The van der Waals surface area contributed by atoms with E-state index in [1.807, 2.05) is 25.4 Å². The molecule has 1 fully saturated rings. The highest BCUT2D eigenvalue weighted by molar-refractivity contribution is 5.97. The van der Waals surface area contributed by atoms with E-state index in [1.165, 1.54) is 31.2 Å². The van der Waals surface area contributed by atoms with Crippen LogP contribution in [0, 0.1) is 12.8 Å². The molecule has 2 heterocycles. The maximum absolute atomic E-state index is 13.1. The molecule has 0 bridgehead atoms. The molecule has 2 aromatic rings. The Labute approximate surface area is 173 Å². The zero-order valence-corrected chi connectivity index (χ0v) is 17.4. The van der Waals surface area contributed by atoms with Gasteiger partial charge in [-0.05, 0) is 69.4 Å². The second kappa shape index (κ2) is 8.81. The van der Waals surface area contributed by atoms with Crippen molar-refractivity contribution in [1.82, 2.24) is 10.3 Å². The van der Waals surface area contributed by atoms with Crippen LogP contribution in [-0.4, -0.2) is 23.1 Å². The molecule has 152 valence electrons. The van der Waals surface area contributed by atoms with Gasteiger partial charge in [-0.3, -0.25) is 9.79 Å². The van der Waals surface area contributed by atoms with Gasteiger partial charge in [0.05, 0.1) is 5.56 Å². The molecular weight excluding hydrogens is 358 g/mol. The molecule has 4 nitrogen and oxygen atoms in total. The van der Waals surface area contributed by atoms with Crippen molar-refractivity contribution in [3.8, 4) is 0 Å². The molecule has 29 heavy (non-hydrogen) atoms. The standard InChI is InChI=1S/C25H31N3O/c1-17-15-23(24(27-17)22-9-6-14-26-16-22)25(29)28-18(2)19-10-12-21(13-11-19)20-7-4-3-5-8-20/h3-8,14-16,18-19,21-22,27H,9-13H2,1-2H3,(H,28,29). The average molecular weight is 390 g/mol. The maximum atomic E-state index is 13.1. The van der Waals surface area contributed by atoms with Crippen molar-refractivity contribution in [3.63, 3.8) is 0 Å². The summed E-state index contributed by atoms with van der Waals surface area (Å²) in [6, 6.07) is 13.0. The Hall–Kier alpha value is -2.62. The van der Waals surface area contributed by atoms with E-state index >= 15 is 0 Å². The number of hydrogen-bond donors (Lipinski definition) is 2. The fourth-order valence-corrected chi connectivity index (χ4v) is 4.85. The summed E-state index contributed by atoms with van der Waals surface area (Å²) in [5.41, 5.74) is 4.22. The number of benzene rings is 1. The van der Waals surface area contributed by atoms with E-state index in [0.717, 1.165) is 23.4 Å². The topological polar surface area (TPSA) is 57.2 Å². The van der Waals surface area contributed by atoms with E-state index in [-0.39, 0.29) is 17.9 Å². The summed E-state index contributed by atoms with van der Waals surface area (Å²) in [6.45, 7) is 4.17. The fraction of sp³-hybridized carbons (Fsp3) is 0.440. The van der Waals surface area contributed by atoms with Gasteiger partial charge in [0.2, 0.25) is 0 Å². The Morgan fingerprint density at radius 2 is 1.93 bits per heavy atom. The Bertz CT molecular complexity index is 888. The summed E-state index contributed by atoms with van der Waals surface area (Å²) in [4.78, 5) is 20.7. The van der Waals surface area contributed by atoms with Crippen LogP contribution >= 0.6 is 0 Å². The summed E-state index contributed by atoms with van der Waals surface area (Å²) >= 11 is 0. The number of nitrogens with zero attached hydrogens (tertiary/aromatic N) is 1. The monoisotopic (exact) mass is 389 g/mol. The van der Waals surface area contributed by atoms with E-state index in [4.69, 9.17) is 0 Å². The minimum absolute atomic E-state index is 0.0324. The van der Waals surface area contributed by atoms with Gasteiger partial charge >= 0.3 is 0 Å². The van der Waals surface area contributed by atoms with Crippen LogP contribution in [0.5, 0.6) is 0 Å². The van der Waals surface area contributed by atoms with Crippen molar-refractivity contribution in [2.45, 2.75) is 63.8 Å². The first-order chi connectivity index (χ1) is 14.1. The number of H-pyrrole nitrogens is 1. The van der Waals surface area contributed by atoms with Crippen molar-refractivity contribution in [2.75, 3.05) is 0 Å². The number of carbonyl (C=O) groups excluding carboxylic acids is 1. The molecular formula is C25H31N3O. The van der Waals surface area contributed by atoms with Gasteiger partial charge < -0.3 is 10.3 Å². The number of aromatic nitrogens is 1. The van der Waals surface area contributed by atoms with Gasteiger partial charge in [0.25, 0.3) is 5.91 Å². The summed E-state index contributed by atoms with van der Waals surface area (Å²) in [6.07, 6.45) is 11.4. The van der Waals surface area contributed by atoms with Gasteiger partial charge in [-0.2, -0.15) is 0 Å². The van der Waals surface area contributed by atoms with Crippen molar-refractivity contribution >= 4 is 12.1 Å². The van der Waals surface area contributed by atoms with E-state index in [2.05, 4.69) is 58.6 Å². The van der Waals surface area contributed by atoms with Crippen molar-refractivity contribution < 1.29 is 4.79 Å². The fourth-order valence-electron chi connectivity index (χ4n) is 4.85. The van der Waals surface area contributed by atoms with Crippen LogP contribution in [0.4, 0.5) is 0 Å². The van der Waals surface area contributed by atoms with Crippen molar-refractivity contribution in [2.24, 2.45) is 10.9 Å². The average Bonchev–Trinajstić information content (AvgIpc) is 3.17. The lowest BCUT2D eigenvalue weighted by molar-refractivity contribution is 0.0917. The van der Waals surface area contributed by atoms with E-state index in [0.29, 0.717) is 11.8 Å². The van der Waals surface area contributed by atoms with Crippen LogP contribution in [0.2, 0.25) is 0 Å². The zero-order chi connectivity index (χ0) is 20.2. The van der Waals surface area contributed by atoms with Crippen molar-refractivity contribution in [1.29, 1.82) is 0 Å². The number of rotatable bonds is 5. The Morgan fingerprint density at radius 3 is 2.62 bits per heavy atom. The third-order valence-electron chi connectivity index (χ3n) is 6.55. The molecule has 1 aromatic heterocycles. The summed E-state index contributed by atoms with van der Waals surface area (Å²) < 4.78 is 0. The molecule has 2 aliphatic rings. The number of hydrogen-bond acceptors (Lipinski definition) is 2. The van der Waals surface area contributed by atoms with E-state index < -0.39 is 0 Å². The number of aliphatic imine (C=N–C) groups is 1. The Kier molecular flexibility index (Phi) is 5.98. The molecule has 2 unspecified atom stereocenters. The summed E-state index contributed by atoms with van der Waals surface area (Å²) in [5.74, 6) is 1.38. The Balaban J connectivity index is 1.37. The van der Waals surface area contributed by atoms with Crippen LogP contribution in [0.25, 0.3) is 0 Å². The third kappa shape index (κ3) is 4.52. The lowest BCUT2D eigenvalue weighted by atomic mass is 9.76. The quantitative estimate of drug-likeness (QED) is 0.698. The van der Waals surface area contributed by atoms with E-state index in [9.17, 15) is 4.79 Å². The van der Waals surface area contributed by atoms with Crippen LogP contribution in [0.3, 0.4) is 0 Å². The molecule has 0 spiro atoms. The molecule has 1 amide bonds. The van der Waals surface area contributed by atoms with Crippen molar-refractivity contribution in [3.05, 3.63) is 71.2 Å². The number of aromatic amines is 1. The number of amides is 1. The second-order valence-electron chi connectivity index (χ2n) is 8.59. The molecule has 0 saturated heterocycles. The number of aryl methyl sites for hydroxylation is 1. The highest BCUT2D eigenvalue weighted by Gasteiger charge is 2.28. The Morgan fingerprint density at radius 1 is 1.17 bits per heavy atom. The van der Waals surface area contributed by atoms with Gasteiger partial charge in [0, 0.05) is 35.8 Å². The van der Waals surface area contributed by atoms with Crippen LogP contribution in [-0.2, 0) is 0 Å². The third-order valence-corrected chi connectivity index (χ3v) is 6.55. The second-order valence-corrected chi connectivity index (χ2v) is 8.59. The molecule has 1 aliphatic heterocycles. The number of carbonyl (C=O) groups is 1. The predicted molar refractivity (Wildman–Crippen MR) is 119 cm³/mol. The lowest BCUT2D eigenvalue weighted by Crippen LogP contribution is -2.39. The highest BCUT2D eigenvalue weighted by atomic mass is 16.1. The van der Waals surface area contributed by atoms with Crippen LogP contribution < -0.4 is 5.32 Å². The molecule has 0 radical (unpaired) electrons. The molecule has 2 atom stereocenters. The summed E-state index contributed by atoms with van der Waals surface area (Å²) in [5, 5.41) is 3.29. The maximum Gasteiger partial charge on any atom is 0.253 e. The SMILES string of the molecule is Cc1cc(C(=O)NC(C)C2CCC(c3ccccc3)CC2)c(C2C=NC=CC2)[nH]1. The molecule has 4 heteroatoms. The molecule has 2 N–H and O–H groups in total. The van der Waals surface area contributed by atoms with Gasteiger partial charge in [0.1, 0.15) is 0 Å². The van der Waals surface area contributed by atoms with Gasteiger partial charge in [0.15, 0.2) is 0 Å².